The Morgan fingerprint density at radius 1 is 1.39 bits per heavy atom. The number of nitrogens with one attached hydrogen (secondary N) is 2. The number of hydrogen-bond donors (Lipinski definition) is 3. The van der Waals surface area contributed by atoms with E-state index in [0.29, 0.717) is 5.75 Å². The molecule has 0 aliphatic rings. The lowest BCUT2D eigenvalue weighted by molar-refractivity contribution is 0.440. The molecule has 0 fully saturated rings. The van der Waals surface area contributed by atoms with Crippen LogP contribution in [0.1, 0.15) is 36.2 Å². The summed E-state index contributed by atoms with van der Waals surface area (Å²) in [7, 11) is 0. The third-order valence-electron chi connectivity index (χ3n) is 3.19. The molecule has 0 aliphatic heterocycles. The molecule has 0 saturated heterocycles. The highest BCUT2D eigenvalue weighted by Crippen LogP contribution is 2.26. The highest BCUT2D eigenvalue weighted by Gasteiger charge is 2.13. The number of aromatic nitrogens is 2. The molecule has 0 amide bonds. The fourth-order valence-electron chi connectivity index (χ4n) is 2.04. The number of H-pyrrole nitrogens is 1. The number of aryl methyl sites for hydroxylation is 1. The normalized spacial score (nSPS) is 12.6. The molecule has 0 bridgehead atoms. The van der Waals surface area contributed by atoms with E-state index in [-0.39, 0.29) is 6.04 Å². The van der Waals surface area contributed by atoms with Crippen LogP contribution in [-0.2, 0) is 6.54 Å². The third-order valence-corrected chi connectivity index (χ3v) is 3.19. The zero-order valence-electron chi connectivity index (χ0n) is 10.8. The predicted molar refractivity (Wildman–Crippen MR) is 71.3 cm³/mol. The van der Waals surface area contributed by atoms with Gasteiger partial charge in [-0.2, -0.15) is 5.10 Å². The maximum Gasteiger partial charge on any atom is 0.120 e. The Labute approximate surface area is 107 Å². The maximum atomic E-state index is 9.87. The number of para-hydroxylation sites is 1. The molecule has 1 atom stereocenters. The highest BCUT2D eigenvalue weighted by atomic mass is 16.3. The van der Waals surface area contributed by atoms with E-state index < -0.39 is 0 Å². The molecule has 1 heterocycles. The Hall–Kier alpha value is -1.81. The molecule has 4 heteroatoms. The van der Waals surface area contributed by atoms with E-state index in [1.807, 2.05) is 31.3 Å². The Morgan fingerprint density at radius 3 is 2.78 bits per heavy atom. The summed E-state index contributed by atoms with van der Waals surface area (Å²) < 4.78 is 0. The van der Waals surface area contributed by atoms with Crippen molar-refractivity contribution in [3.05, 3.63) is 47.3 Å². The van der Waals surface area contributed by atoms with Gasteiger partial charge >= 0.3 is 0 Å². The Morgan fingerprint density at radius 2 is 2.17 bits per heavy atom. The highest BCUT2D eigenvalue weighted by molar-refractivity contribution is 5.34. The quantitative estimate of drug-likeness (QED) is 0.759. The number of benzene rings is 1. The standard InChI is InChI=1S/C14H19N3O/c1-3-13(12-6-4-5-7-14(12)18)15-8-11-9-16-17-10(11)2/h4-7,9,13,15,18H,3,8H2,1-2H3,(H,16,17). The second-order valence-corrected chi connectivity index (χ2v) is 4.42. The number of aromatic hydroxyl groups is 1. The summed E-state index contributed by atoms with van der Waals surface area (Å²) in [5, 5.41) is 20.2. The Bertz CT molecular complexity index is 507. The molecule has 2 rings (SSSR count). The molecule has 1 aromatic heterocycles. The van der Waals surface area contributed by atoms with Gasteiger partial charge in [0.25, 0.3) is 0 Å². The largest absolute Gasteiger partial charge is 0.508 e. The minimum atomic E-state index is 0.153. The third kappa shape index (κ3) is 2.71. The van der Waals surface area contributed by atoms with Crippen LogP contribution in [0.4, 0.5) is 0 Å². The molecule has 0 saturated carbocycles. The zero-order chi connectivity index (χ0) is 13.0. The number of nitrogens with zero attached hydrogens (tertiary/aromatic N) is 1. The number of rotatable bonds is 5. The molecule has 0 spiro atoms. The van der Waals surface area contributed by atoms with Crippen LogP contribution < -0.4 is 5.32 Å². The van der Waals surface area contributed by atoms with E-state index in [2.05, 4.69) is 22.4 Å². The van der Waals surface area contributed by atoms with E-state index >= 15 is 0 Å². The van der Waals surface area contributed by atoms with Gasteiger partial charge in [-0.05, 0) is 19.4 Å². The van der Waals surface area contributed by atoms with Crippen LogP contribution in [0.3, 0.4) is 0 Å². The van der Waals surface area contributed by atoms with Gasteiger partial charge < -0.3 is 10.4 Å². The molecular weight excluding hydrogens is 226 g/mol. The van der Waals surface area contributed by atoms with Crippen molar-refractivity contribution in [2.45, 2.75) is 32.9 Å². The van der Waals surface area contributed by atoms with Crippen LogP contribution in [0.15, 0.2) is 30.5 Å². The summed E-state index contributed by atoms with van der Waals surface area (Å²) in [4.78, 5) is 0. The molecule has 96 valence electrons. The smallest absolute Gasteiger partial charge is 0.120 e. The molecule has 3 N–H and O–H groups in total. The van der Waals surface area contributed by atoms with E-state index in [4.69, 9.17) is 0 Å². The summed E-state index contributed by atoms with van der Waals surface area (Å²) in [6.07, 6.45) is 2.76. The van der Waals surface area contributed by atoms with Crippen LogP contribution in [0.5, 0.6) is 5.75 Å². The first-order valence-corrected chi connectivity index (χ1v) is 6.22. The van der Waals surface area contributed by atoms with Crippen LogP contribution >= 0.6 is 0 Å². The average molecular weight is 245 g/mol. The summed E-state index contributed by atoms with van der Waals surface area (Å²) >= 11 is 0. The van der Waals surface area contributed by atoms with Gasteiger partial charge in [0, 0.05) is 29.4 Å². The molecule has 4 nitrogen and oxygen atoms in total. The number of phenolic OH excluding ortho intramolecular Hbond substituents is 1. The van der Waals surface area contributed by atoms with Crippen molar-refractivity contribution in [2.24, 2.45) is 0 Å². The van der Waals surface area contributed by atoms with E-state index in [0.717, 1.165) is 29.8 Å². The summed E-state index contributed by atoms with van der Waals surface area (Å²) in [6.45, 7) is 4.85. The van der Waals surface area contributed by atoms with Crippen LogP contribution in [-0.4, -0.2) is 15.3 Å². The molecule has 1 unspecified atom stereocenters. The monoisotopic (exact) mass is 245 g/mol. The zero-order valence-corrected chi connectivity index (χ0v) is 10.8. The minimum absolute atomic E-state index is 0.153. The lowest BCUT2D eigenvalue weighted by atomic mass is 10.0. The van der Waals surface area contributed by atoms with E-state index in [1.54, 1.807) is 6.07 Å². The molecule has 18 heavy (non-hydrogen) atoms. The Kier molecular flexibility index (Phi) is 3.99. The first kappa shape index (κ1) is 12.6. The maximum absolute atomic E-state index is 9.87. The number of phenols is 1. The van der Waals surface area contributed by atoms with Crippen LogP contribution in [0.2, 0.25) is 0 Å². The molecular formula is C14H19N3O. The van der Waals surface area contributed by atoms with Crippen molar-refractivity contribution in [1.29, 1.82) is 0 Å². The van der Waals surface area contributed by atoms with Crippen molar-refractivity contribution in [2.75, 3.05) is 0 Å². The van der Waals surface area contributed by atoms with Gasteiger partial charge in [-0.1, -0.05) is 25.1 Å². The van der Waals surface area contributed by atoms with Gasteiger partial charge in [0.05, 0.1) is 6.20 Å². The van der Waals surface area contributed by atoms with Gasteiger partial charge in [-0.25, -0.2) is 0 Å². The lowest BCUT2D eigenvalue weighted by Crippen LogP contribution is -2.20. The topological polar surface area (TPSA) is 60.9 Å². The molecule has 0 radical (unpaired) electrons. The van der Waals surface area contributed by atoms with Gasteiger partial charge in [-0.3, -0.25) is 5.10 Å². The van der Waals surface area contributed by atoms with Crippen molar-refractivity contribution < 1.29 is 5.11 Å². The SMILES string of the molecule is CCC(NCc1cn[nH]c1C)c1ccccc1O. The van der Waals surface area contributed by atoms with Gasteiger partial charge in [0.15, 0.2) is 0 Å². The second-order valence-electron chi connectivity index (χ2n) is 4.42. The van der Waals surface area contributed by atoms with Gasteiger partial charge in [0.2, 0.25) is 0 Å². The summed E-state index contributed by atoms with van der Waals surface area (Å²) in [5.74, 6) is 0.348. The summed E-state index contributed by atoms with van der Waals surface area (Å²) in [6, 6.07) is 7.62. The first-order valence-electron chi connectivity index (χ1n) is 6.22. The second kappa shape index (κ2) is 5.69. The van der Waals surface area contributed by atoms with E-state index in [9.17, 15) is 5.11 Å². The van der Waals surface area contributed by atoms with E-state index in [1.165, 1.54) is 0 Å². The average Bonchev–Trinajstić information content (AvgIpc) is 2.78. The van der Waals surface area contributed by atoms with Crippen molar-refractivity contribution in [3.63, 3.8) is 0 Å². The first-order chi connectivity index (χ1) is 8.72. The Balaban J connectivity index is 2.07. The van der Waals surface area contributed by atoms with Crippen LogP contribution in [0.25, 0.3) is 0 Å². The fourth-order valence-corrected chi connectivity index (χ4v) is 2.04. The van der Waals surface area contributed by atoms with Gasteiger partial charge in [0.1, 0.15) is 5.75 Å². The van der Waals surface area contributed by atoms with Gasteiger partial charge in [-0.15, -0.1) is 0 Å². The van der Waals surface area contributed by atoms with Crippen molar-refractivity contribution >= 4 is 0 Å². The minimum Gasteiger partial charge on any atom is -0.508 e. The van der Waals surface area contributed by atoms with Crippen LogP contribution in [0, 0.1) is 6.92 Å². The van der Waals surface area contributed by atoms with Crippen molar-refractivity contribution in [1.82, 2.24) is 15.5 Å². The molecule has 1 aromatic carbocycles. The number of aromatic amines is 1. The number of hydrogen-bond acceptors (Lipinski definition) is 3. The predicted octanol–water partition coefficient (Wildman–Crippen LogP) is 2.66. The fraction of sp³-hybridized carbons (Fsp3) is 0.357. The summed E-state index contributed by atoms with van der Waals surface area (Å²) in [5.41, 5.74) is 3.18. The molecule has 0 aliphatic carbocycles. The molecule has 2 aromatic rings. The van der Waals surface area contributed by atoms with Crippen molar-refractivity contribution in [3.8, 4) is 5.75 Å². The lowest BCUT2D eigenvalue weighted by Gasteiger charge is -2.18.